The molecular weight excluding hydrogens is 214 g/mol. The number of amides is 1. The van der Waals surface area contributed by atoms with Gasteiger partial charge in [-0.15, -0.1) is 0 Å². The van der Waals surface area contributed by atoms with Gasteiger partial charge in [0.2, 0.25) is 6.41 Å². The van der Waals surface area contributed by atoms with Gasteiger partial charge in [0.1, 0.15) is 0 Å². The van der Waals surface area contributed by atoms with Gasteiger partial charge in [-0.2, -0.15) is 0 Å². The first kappa shape index (κ1) is 15.7. The first-order valence-electron chi connectivity index (χ1n) is 6.05. The first-order chi connectivity index (χ1) is 8.35. The van der Waals surface area contributed by atoms with E-state index in [0.717, 1.165) is 19.4 Å². The Labute approximate surface area is 104 Å². The summed E-state index contributed by atoms with van der Waals surface area (Å²) in [5, 5.41) is 2.60. The number of rotatable bonds is 7. The number of benzene rings is 1. The van der Waals surface area contributed by atoms with Gasteiger partial charge in [0.05, 0.1) is 6.61 Å². The van der Waals surface area contributed by atoms with Crippen molar-refractivity contribution >= 4 is 6.41 Å². The summed E-state index contributed by atoms with van der Waals surface area (Å²) >= 11 is 0. The lowest BCUT2D eigenvalue weighted by Crippen LogP contribution is -2.11. The molecule has 0 aliphatic heterocycles. The van der Waals surface area contributed by atoms with E-state index in [4.69, 9.17) is 4.74 Å². The fourth-order valence-corrected chi connectivity index (χ4v) is 1.28. The average Bonchev–Trinajstić information content (AvgIpc) is 2.37. The van der Waals surface area contributed by atoms with Gasteiger partial charge in [-0.1, -0.05) is 50.1 Å². The molecule has 0 atom stereocenters. The Bertz CT molecular complexity index is 262. The van der Waals surface area contributed by atoms with Gasteiger partial charge >= 0.3 is 0 Å². The molecule has 0 heterocycles. The number of hydrogen-bond acceptors (Lipinski definition) is 2. The third kappa shape index (κ3) is 10.9. The van der Waals surface area contributed by atoms with Gasteiger partial charge in [0.15, 0.2) is 0 Å². The second kappa shape index (κ2) is 12.7. The van der Waals surface area contributed by atoms with E-state index in [0.29, 0.717) is 6.61 Å². The molecule has 0 fully saturated rings. The predicted octanol–water partition coefficient (Wildman–Crippen LogP) is 2.76. The molecule has 0 aliphatic rings. The minimum Gasteiger partial charge on any atom is -0.380 e. The van der Waals surface area contributed by atoms with E-state index >= 15 is 0 Å². The fraction of sp³-hybridized carbons (Fsp3) is 0.500. The average molecular weight is 237 g/mol. The number of nitrogens with one attached hydrogen (secondary N) is 1. The molecule has 96 valence electrons. The van der Waals surface area contributed by atoms with Crippen LogP contribution in [0.5, 0.6) is 0 Å². The van der Waals surface area contributed by atoms with E-state index in [9.17, 15) is 4.79 Å². The summed E-state index contributed by atoms with van der Waals surface area (Å²) in [6.45, 7) is 3.68. The van der Waals surface area contributed by atoms with Gasteiger partial charge in [0.25, 0.3) is 0 Å². The van der Waals surface area contributed by atoms with Crippen molar-refractivity contribution in [2.75, 3.05) is 13.7 Å². The van der Waals surface area contributed by atoms with Crippen LogP contribution in [0.4, 0.5) is 0 Å². The Kier molecular flexibility index (Phi) is 11.7. The van der Waals surface area contributed by atoms with Crippen LogP contribution in [0, 0.1) is 0 Å². The number of carbonyl (C=O) groups is 1. The highest BCUT2D eigenvalue weighted by Gasteiger charge is 1.84. The standard InChI is InChI=1S/C8H10O.C6H13NO/c1-9-7-8-5-3-2-4-6-8;1-2-3-4-5-7-6-8/h2-6H,7H2,1H3;6H,2-5H2,1H3,(H,7,8). The van der Waals surface area contributed by atoms with Gasteiger partial charge < -0.3 is 10.1 Å². The molecule has 1 N–H and O–H groups in total. The Hall–Kier alpha value is -1.35. The molecule has 1 aromatic rings. The molecule has 0 unspecified atom stereocenters. The maximum Gasteiger partial charge on any atom is 0.207 e. The molecule has 0 aromatic heterocycles. The third-order valence-electron chi connectivity index (χ3n) is 2.16. The van der Waals surface area contributed by atoms with Crippen LogP contribution in [-0.4, -0.2) is 20.1 Å². The molecule has 17 heavy (non-hydrogen) atoms. The summed E-state index contributed by atoms with van der Waals surface area (Å²) in [5.41, 5.74) is 1.22. The van der Waals surface area contributed by atoms with Crippen molar-refractivity contribution < 1.29 is 9.53 Å². The minimum atomic E-state index is 0.709. The molecule has 0 aliphatic carbocycles. The van der Waals surface area contributed by atoms with Crippen molar-refractivity contribution in [3.05, 3.63) is 35.9 Å². The van der Waals surface area contributed by atoms with E-state index in [1.54, 1.807) is 7.11 Å². The highest BCUT2D eigenvalue weighted by Crippen LogP contribution is 1.98. The molecule has 1 aromatic carbocycles. The SMILES string of the molecule is CCCCCNC=O.COCc1ccccc1. The number of ether oxygens (including phenoxy) is 1. The van der Waals surface area contributed by atoms with Crippen LogP contribution in [0.15, 0.2) is 30.3 Å². The number of hydrogen-bond donors (Lipinski definition) is 1. The van der Waals surface area contributed by atoms with Gasteiger partial charge in [-0.3, -0.25) is 4.79 Å². The summed E-state index contributed by atoms with van der Waals surface area (Å²) < 4.78 is 4.93. The number of carbonyl (C=O) groups excluding carboxylic acids is 1. The third-order valence-corrected chi connectivity index (χ3v) is 2.16. The molecule has 0 saturated carbocycles. The van der Waals surface area contributed by atoms with Crippen molar-refractivity contribution in [2.45, 2.75) is 32.8 Å². The zero-order valence-electron chi connectivity index (χ0n) is 10.8. The molecule has 3 heteroatoms. The van der Waals surface area contributed by atoms with Crippen LogP contribution in [-0.2, 0) is 16.1 Å². The summed E-state index contributed by atoms with van der Waals surface area (Å²) in [6, 6.07) is 10.1. The highest BCUT2D eigenvalue weighted by molar-refractivity contribution is 5.45. The number of methoxy groups -OCH3 is 1. The Morgan fingerprint density at radius 3 is 2.47 bits per heavy atom. The Balaban J connectivity index is 0.000000304. The van der Waals surface area contributed by atoms with E-state index in [2.05, 4.69) is 12.2 Å². The number of unbranched alkanes of at least 4 members (excludes halogenated alkanes) is 2. The lowest BCUT2D eigenvalue weighted by molar-refractivity contribution is -0.109. The second-order valence-corrected chi connectivity index (χ2v) is 3.70. The maximum atomic E-state index is 9.66. The van der Waals surface area contributed by atoms with Crippen LogP contribution >= 0.6 is 0 Å². The molecule has 3 nitrogen and oxygen atoms in total. The Morgan fingerprint density at radius 2 is 1.94 bits per heavy atom. The quantitative estimate of drug-likeness (QED) is 0.585. The summed E-state index contributed by atoms with van der Waals surface area (Å²) in [6.07, 6.45) is 4.27. The smallest absolute Gasteiger partial charge is 0.207 e. The minimum absolute atomic E-state index is 0.709. The van der Waals surface area contributed by atoms with Gasteiger partial charge in [-0.25, -0.2) is 0 Å². The molecular formula is C14H23NO2. The van der Waals surface area contributed by atoms with E-state index in [1.807, 2.05) is 30.3 Å². The van der Waals surface area contributed by atoms with E-state index in [1.165, 1.54) is 18.4 Å². The lowest BCUT2D eigenvalue weighted by Gasteiger charge is -1.95. The topological polar surface area (TPSA) is 38.3 Å². The zero-order valence-corrected chi connectivity index (χ0v) is 10.8. The lowest BCUT2D eigenvalue weighted by atomic mass is 10.2. The summed E-state index contributed by atoms with van der Waals surface area (Å²) in [7, 11) is 1.70. The maximum absolute atomic E-state index is 9.66. The Morgan fingerprint density at radius 1 is 1.24 bits per heavy atom. The largest absolute Gasteiger partial charge is 0.380 e. The normalized spacial score (nSPS) is 9.06. The highest BCUT2D eigenvalue weighted by atomic mass is 16.5. The van der Waals surface area contributed by atoms with Crippen molar-refractivity contribution in [2.24, 2.45) is 0 Å². The summed E-state index contributed by atoms with van der Waals surface area (Å²) in [5.74, 6) is 0. The molecule has 0 saturated heterocycles. The van der Waals surface area contributed by atoms with E-state index in [-0.39, 0.29) is 0 Å². The van der Waals surface area contributed by atoms with E-state index < -0.39 is 0 Å². The molecule has 0 radical (unpaired) electrons. The van der Waals surface area contributed by atoms with Crippen molar-refractivity contribution in [1.29, 1.82) is 0 Å². The van der Waals surface area contributed by atoms with Gasteiger partial charge in [0, 0.05) is 13.7 Å². The first-order valence-corrected chi connectivity index (χ1v) is 6.05. The van der Waals surface area contributed by atoms with Gasteiger partial charge in [-0.05, 0) is 12.0 Å². The van der Waals surface area contributed by atoms with Crippen molar-refractivity contribution in [3.8, 4) is 0 Å². The molecule has 0 bridgehead atoms. The monoisotopic (exact) mass is 237 g/mol. The van der Waals surface area contributed by atoms with Crippen LogP contribution in [0.2, 0.25) is 0 Å². The van der Waals surface area contributed by atoms with Crippen LogP contribution in [0.3, 0.4) is 0 Å². The van der Waals surface area contributed by atoms with Crippen molar-refractivity contribution in [1.82, 2.24) is 5.32 Å². The van der Waals surface area contributed by atoms with Crippen LogP contribution in [0.25, 0.3) is 0 Å². The van der Waals surface area contributed by atoms with Crippen LogP contribution in [0.1, 0.15) is 31.7 Å². The zero-order chi connectivity index (χ0) is 12.8. The molecule has 0 spiro atoms. The molecule has 1 rings (SSSR count). The fourth-order valence-electron chi connectivity index (χ4n) is 1.28. The van der Waals surface area contributed by atoms with Crippen molar-refractivity contribution in [3.63, 3.8) is 0 Å². The predicted molar refractivity (Wildman–Crippen MR) is 70.7 cm³/mol. The molecule has 1 amide bonds. The summed E-state index contributed by atoms with van der Waals surface area (Å²) in [4.78, 5) is 9.66. The second-order valence-electron chi connectivity index (χ2n) is 3.70. The van der Waals surface area contributed by atoms with Crippen LogP contribution < -0.4 is 5.32 Å².